The lowest BCUT2D eigenvalue weighted by atomic mass is 10.2. The Labute approximate surface area is 243 Å². The van der Waals surface area contributed by atoms with Gasteiger partial charge in [0.1, 0.15) is 0 Å². The van der Waals surface area contributed by atoms with E-state index in [2.05, 4.69) is 54.1 Å². The van der Waals surface area contributed by atoms with Gasteiger partial charge in [-0.1, -0.05) is 51.0 Å². The Morgan fingerprint density at radius 2 is 1.65 bits per heavy atom. The van der Waals surface area contributed by atoms with Crippen molar-refractivity contribution in [2.24, 2.45) is 0 Å². The van der Waals surface area contributed by atoms with Crippen LogP contribution in [0.25, 0.3) is 10.2 Å². The number of aromatic nitrogens is 1. The number of aryl methyl sites for hydroxylation is 1. The number of anilines is 1. The summed E-state index contributed by atoms with van der Waals surface area (Å²) in [5, 5.41) is 4.07. The highest BCUT2D eigenvalue weighted by atomic mass is 32.2. The van der Waals surface area contributed by atoms with Crippen LogP contribution in [-0.2, 0) is 16.4 Å². The number of hydrogen-bond acceptors (Lipinski definition) is 7. The van der Waals surface area contributed by atoms with Crippen LogP contribution in [0.5, 0.6) is 0 Å². The number of rotatable bonds is 14. The first-order valence-electron chi connectivity index (χ1n) is 14.6. The number of carbonyl (C=O) groups excluding carboxylic acids is 1. The normalized spacial score (nSPS) is 14.8. The molecule has 1 aromatic heterocycles. The second-order valence-electron chi connectivity index (χ2n) is 10.4. The van der Waals surface area contributed by atoms with Crippen molar-refractivity contribution in [1.82, 2.24) is 19.5 Å². The Kier molecular flexibility index (Phi) is 10.9. The predicted octanol–water partition coefficient (Wildman–Crippen LogP) is 5.00. The van der Waals surface area contributed by atoms with Crippen LogP contribution >= 0.6 is 11.3 Å². The third kappa shape index (κ3) is 7.60. The molecule has 1 aliphatic rings. The molecule has 4 rings (SSSR count). The van der Waals surface area contributed by atoms with Gasteiger partial charge >= 0.3 is 0 Å². The monoisotopic (exact) mass is 585 g/mol. The molecule has 1 fully saturated rings. The number of amides is 1. The molecular weight excluding hydrogens is 542 g/mol. The quantitative estimate of drug-likeness (QED) is 0.287. The van der Waals surface area contributed by atoms with Crippen LogP contribution in [0.1, 0.15) is 62.4 Å². The van der Waals surface area contributed by atoms with Crippen LogP contribution in [-0.4, -0.2) is 80.9 Å². The summed E-state index contributed by atoms with van der Waals surface area (Å²) in [5.41, 5.74) is 2.88. The van der Waals surface area contributed by atoms with E-state index in [4.69, 9.17) is 4.98 Å². The molecule has 8 nitrogen and oxygen atoms in total. The van der Waals surface area contributed by atoms with E-state index in [-0.39, 0.29) is 10.8 Å². The fourth-order valence-corrected chi connectivity index (χ4v) is 7.45. The number of sulfonamides is 1. The summed E-state index contributed by atoms with van der Waals surface area (Å²) in [6, 6.07) is 12.9. The van der Waals surface area contributed by atoms with Gasteiger partial charge in [-0.2, -0.15) is 4.31 Å². The molecule has 0 bridgehead atoms. The minimum atomic E-state index is -3.57. The van der Waals surface area contributed by atoms with Crippen LogP contribution in [0.15, 0.2) is 47.4 Å². The van der Waals surface area contributed by atoms with Crippen molar-refractivity contribution in [3.8, 4) is 0 Å². The van der Waals surface area contributed by atoms with E-state index >= 15 is 0 Å². The Morgan fingerprint density at radius 1 is 0.975 bits per heavy atom. The first-order valence-corrected chi connectivity index (χ1v) is 16.9. The molecule has 1 N–H and O–H groups in total. The van der Waals surface area contributed by atoms with Gasteiger partial charge in [-0.3, -0.25) is 9.69 Å². The number of unbranched alkanes of at least 4 members (excludes halogenated alkanes) is 2. The largest absolute Gasteiger partial charge is 0.351 e. The van der Waals surface area contributed by atoms with Gasteiger partial charge in [0.15, 0.2) is 5.13 Å². The summed E-state index contributed by atoms with van der Waals surface area (Å²) in [6.07, 6.45) is 4.58. The molecule has 40 heavy (non-hydrogen) atoms. The fraction of sp³-hybridized carbons (Fsp3) is 0.533. The number of carbonyl (C=O) groups is 1. The predicted molar refractivity (Wildman–Crippen MR) is 165 cm³/mol. The molecule has 0 aliphatic carbocycles. The van der Waals surface area contributed by atoms with E-state index in [1.54, 1.807) is 39.9 Å². The van der Waals surface area contributed by atoms with Gasteiger partial charge in [-0.25, -0.2) is 13.4 Å². The maximum Gasteiger partial charge on any atom is 0.251 e. The van der Waals surface area contributed by atoms with Gasteiger partial charge in [0.25, 0.3) is 5.91 Å². The van der Waals surface area contributed by atoms with Crippen molar-refractivity contribution < 1.29 is 13.2 Å². The maximum absolute atomic E-state index is 13.2. The van der Waals surface area contributed by atoms with Crippen molar-refractivity contribution in [2.75, 3.05) is 57.3 Å². The van der Waals surface area contributed by atoms with Crippen LogP contribution < -0.4 is 10.2 Å². The highest BCUT2D eigenvalue weighted by molar-refractivity contribution is 7.89. The van der Waals surface area contributed by atoms with Crippen molar-refractivity contribution in [1.29, 1.82) is 0 Å². The van der Waals surface area contributed by atoms with Gasteiger partial charge in [0.2, 0.25) is 10.0 Å². The topological polar surface area (TPSA) is 85.8 Å². The summed E-state index contributed by atoms with van der Waals surface area (Å²) in [7, 11) is -3.57. The number of thiazole rings is 1. The SMILES string of the molecule is CCCCN(CCCC)S(=O)(=O)c1ccc(C(=O)NCCN2CCN(c3nc4ccc(CC)cc4s3)CC2)cc1. The van der Waals surface area contributed by atoms with E-state index in [1.807, 2.05) is 0 Å². The second kappa shape index (κ2) is 14.4. The summed E-state index contributed by atoms with van der Waals surface area (Å²) in [4.78, 5) is 22.5. The third-order valence-corrected chi connectivity index (χ3v) is 10.5. The lowest BCUT2D eigenvalue weighted by molar-refractivity contribution is 0.0947. The van der Waals surface area contributed by atoms with E-state index in [0.717, 1.165) is 75.5 Å². The molecular formula is C30H43N5O3S2. The maximum atomic E-state index is 13.2. The summed E-state index contributed by atoms with van der Waals surface area (Å²) < 4.78 is 29.2. The first kappa shape index (κ1) is 30.4. The number of hydrogen-bond donors (Lipinski definition) is 1. The Bertz CT molecular complexity index is 1340. The number of benzene rings is 2. The minimum Gasteiger partial charge on any atom is -0.351 e. The van der Waals surface area contributed by atoms with Crippen molar-refractivity contribution >= 4 is 42.6 Å². The molecule has 0 unspecified atom stereocenters. The lowest BCUT2D eigenvalue weighted by Gasteiger charge is -2.34. The number of nitrogens with zero attached hydrogens (tertiary/aromatic N) is 4. The first-order chi connectivity index (χ1) is 19.3. The van der Waals surface area contributed by atoms with Crippen molar-refractivity contribution in [3.05, 3.63) is 53.6 Å². The average Bonchev–Trinajstić information content (AvgIpc) is 3.41. The summed E-state index contributed by atoms with van der Waals surface area (Å²) in [6.45, 7) is 12.3. The van der Waals surface area contributed by atoms with Gasteiger partial charge in [-0.05, 0) is 61.2 Å². The van der Waals surface area contributed by atoms with Crippen LogP contribution in [0.2, 0.25) is 0 Å². The van der Waals surface area contributed by atoms with Gasteiger partial charge in [-0.15, -0.1) is 0 Å². The van der Waals surface area contributed by atoms with Gasteiger partial charge < -0.3 is 10.2 Å². The molecule has 10 heteroatoms. The van der Waals surface area contributed by atoms with Crippen LogP contribution in [0.4, 0.5) is 5.13 Å². The zero-order valence-electron chi connectivity index (χ0n) is 24.1. The molecule has 2 heterocycles. The molecule has 218 valence electrons. The molecule has 0 atom stereocenters. The highest BCUT2D eigenvalue weighted by Crippen LogP contribution is 2.30. The molecule has 0 saturated carbocycles. The zero-order valence-corrected chi connectivity index (χ0v) is 25.7. The molecule has 1 aliphatic heterocycles. The summed E-state index contributed by atoms with van der Waals surface area (Å²) in [5.74, 6) is -0.183. The molecule has 2 aromatic carbocycles. The number of fused-ring (bicyclic) bond motifs is 1. The zero-order chi connectivity index (χ0) is 28.5. The molecule has 0 radical (unpaired) electrons. The third-order valence-electron chi connectivity index (χ3n) is 7.48. The highest BCUT2D eigenvalue weighted by Gasteiger charge is 2.24. The molecule has 1 saturated heterocycles. The van der Waals surface area contributed by atoms with E-state index < -0.39 is 10.0 Å². The molecule has 1 amide bonds. The van der Waals surface area contributed by atoms with Gasteiger partial charge in [0, 0.05) is 57.9 Å². The van der Waals surface area contributed by atoms with Crippen LogP contribution in [0, 0.1) is 0 Å². The fourth-order valence-electron chi connectivity index (χ4n) is 4.85. The number of piperazine rings is 1. The van der Waals surface area contributed by atoms with E-state index in [1.165, 1.54) is 10.3 Å². The van der Waals surface area contributed by atoms with E-state index in [0.29, 0.717) is 25.2 Å². The molecule has 3 aromatic rings. The smallest absolute Gasteiger partial charge is 0.251 e. The van der Waals surface area contributed by atoms with Gasteiger partial charge in [0.05, 0.1) is 15.1 Å². The Morgan fingerprint density at radius 3 is 2.27 bits per heavy atom. The van der Waals surface area contributed by atoms with Crippen molar-refractivity contribution in [2.45, 2.75) is 57.8 Å². The summed E-state index contributed by atoms with van der Waals surface area (Å²) >= 11 is 1.76. The Balaban J connectivity index is 1.24. The Hall–Kier alpha value is -2.53. The number of nitrogens with one attached hydrogen (secondary N) is 1. The van der Waals surface area contributed by atoms with E-state index in [9.17, 15) is 13.2 Å². The average molecular weight is 586 g/mol. The molecule has 0 spiro atoms. The van der Waals surface area contributed by atoms with Crippen LogP contribution in [0.3, 0.4) is 0 Å². The van der Waals surface area contributed by atoms with Crippen molar-refractivity contribution in [3.63, 3.8) is 0 Å². The standard InChI is InChI=1S/C30H43N5O3S2/c1-4-7-16-35(17-8-5-2)40(37,38)26-12-10-25(11-13-26)29(36)31-15-18-33-19-21-34(22-20-33)30-32-27-14-9-24(6-3)23-28(27)39-30/h9-14,23H,4-8,15-22H2,1-3H3,(H,31,36). The minimum absolute atomic E-state index is 0.183. The second-order valence-corrected chi connectivity index (χ2v) is 13.3. The lowest BCUT2D eigenvalue weighted by Crippen LogP contribution is -2.48.